The molecule has 0 spiro atoms. The van der Waals surface area contributed by atoms with Crippen LogP contribution >= 0.6 is 0 Å². The number of carbonyl (C=O) groups is 2. The SMILES string of the molecule is C=CCOC(=O)C1C(=O)N(Cc2ccco2)C(c2ccc(S(N)(=O)=O)cc2)=CC1c1ccccc1. The number of hydrogen-bond acceptors (Lipinski definition) is 6. The van der Waals surface area contributed by atoms with Gasteiger partial charge >= 0.3 is 5.97 Å². The number of sulfonamides is 1. The zero-order chi connectivity index (χ0) is 25.0. The lowest BCUT2D eigenvalue weighted by atomic mass is 9.80. The maximum atomic E-state index is 13.9. The summed E-state index contributed by atoms with van der Waals surface area (Å²) in [6.07, 6.45) is 4.76. The molecule has 180 valence electrons. The Hall–Kier alpha value is -3.95. The number of esters is 1. The zero-order valence-corrected chi connectivity index (χ0v) is 19.6. The highest BCUT2D eigenvalue weighted by molar-refractivity contribution is 7.89. The van der Waals surface area contributed by atoms with Crippen molar-refractivity contribution in [3.8, 4) is 0 Å². The van der Waals surface area contributed by atoms with Gasteiger partial charge in [-0.1, -0.05) is 61.2 Å². The minimum atomic E-state index is -3.88. The number of benzene rings is 2. The van der Waals surface area contributed by atoms with Crippen LogP contribution in [0, 0.1) is 5.92 Å². The number of amides is 1. The van der Waals surface area contributed by atoms with Gasteiger partial charge in [-0.2, -0.15) is 0 Å². The summed E-state index contributed by atoms with van der Waals surface area (Å²) in [5.41, 5.74) is 1.85. The monoisotopic (exact) mass is 492 g/mol. The molecule has 9 heteroatoms. The Morgan fingerprint density at radius 3 is 2.40 bits per heavy atom. The van der Waals surface area contributed by atoms with E-state index in [9.17, 15) is 18.0 Å². The Bertz CT molecular complexity index is 1350. The van der Waals surface area contributed by atoms with Gasteiger partial charge in [0, 0.05) is 11.6 Å². The van der Waals surface area contributed by atoms with E-state index in [2.05, 4.69) is 6.58 Å². The summed E-state index contributed by atoms with van der Waals surface area (Å²) in [6, 6.07) is 18.5. The van der Waals surface area contributed by atoms with Gasteiger partial charge in [0.1, 0.15) is 18.3 Å². The molecule has 0 bridgehead atoms. The lowest BCUT2D eigenvalue weighted by molar-refractivity contribution is -0.155. The molecule has 35 heavy (non-hydrogen) atoms. The normalized spacial score (nSPS) is 18.1. The fourth-order valence-corrected chi connectivity index (χ4v) is 4.54. The second-order valence-corrected chi connectivity index (χ2v) is 9.52. The minimum absolute atomic E-state index is 0.0199. The summed E-state index contributed by atoms with van der Waals surface area (Å²) >= 11 is 0. The number of rotatable bonds is 8. The van der Waals surface area contributed by atoms with E-state index < -0.39 is 33.7 Å². The Balaban J connectivity index is 1.85. The maximum absolute atomic E-state index is 13.9. The Labute approximate surface area is 203 Å². The van der Waals surface area contributed by atoms with E-state index >= 15 is 0 Å². The van der Waals surface area contributed by atoms with Gasteiger partial charge in [-0.15, -0.1) is 0 Å². The van der Waals surface area contributed by atoms with Crippen molar-refractivity contribution in [3.63, 3.8) is 0 Å². The van der Waals surface area contributed by atoms with Gasteiger partial charge < -0.3 is 14.1 Å². The number of carbonyl (C=O) groups excluding carboxylic acids is 2. The van der Waals surface area contributed by atoms with Gasteiger partial charge in [0.05, 0.1) is 17.7 Å². The lowest BCUT2D eigenvalue weighted by Crippen LogP contribution is -2.44. The first kappa shape index (κ1) is 24.2. The highest BCUT2D eigenvalue weighted by Gasteiger charge is 2.44. The first-order chi connectivity index (χ1) is 16.8. The van der Waals surface area contributed by atoms with Gasteiger partial charge in [-0.05, 0) is 35.4 Å². The molecule has 2 N–H and O–H groups in total. The van der Waals surface area contributed by atoms with Crippen LogP contribution in [0.1, 0.15) is 22.8 Å². The van der Waals surface area contributed by atoms with Gasteiger partial charge in [0.25, 0.3) is 0 Å². The number of hydrogen-bond donors (Lipinski definition) is 1. The molecule has 0 saturated heterocycles. The quantitative estimate of drug-likeness (QED) is 0.292. The van der Waals surface area contributed by atoms with E-state index in [1.807, 2.05) is 36.4 Å². The van der Waals surface area contributed by atoms with Crippen LogP contribution < -0.4 is 5.14 Å². The third kappa shape index (κ3) is 5.26. The molecule has 2 unspecified atom stereocenters. The molecule has 3 aromatic rings. The summed E-state index contributed by atoms with van der Waals surface area (Å²) < 4.78 is 34.2. The molecule has 2 atom stereocenters. The topological polar surface area (TPSA) is 120 Å². The standard InChI is InChI=1S/C26H24N2O6S/c1-2-14-34-26(30)24-22(18-7-4-3-5-8-18)16-23(19-10-12-21(13-11-19)35(27,31)32)28(25(24)29)17-20-9-6-15-33-20/h2-13,15-16,22,24H,1,14,17H2,(H2,27,31,32). The summed E-state index contributed by atoms with van der Waals surface area (Å²) in [5.74, 6) is -2.34. The van der Waals surface area contributed by atoms with E-state index in [0.29, 0.717) is 17.0 Å². The molecule has 0 saturated carbocycles. The molecule has 2 aromatic carbocycles. The van der Waals surface area contributed by atoms with E-state index in [1.54, 1.807) is 24.3 Å². The number of furan rings is 1. The average molecular weight is 493 g/mol. The summed E-state index contributed by atoms with van der Waals surface area (Å²) in [4.78, 5) is 28.3. The highest BCUT2D eigenvalue weighted by atomic mass is 32.2. The molecule has 0 radical (unpaired) electrons. The molecule has 1 aliphatic heterocycles. The van der Waals surface area contributed by atoms with Crippen LogP contribution in [-0.4, -0.2) is 31.8 Å². The van der Waals surface area contributed by atoms with Crippen molar-refractivity contribution in [3.05, 3.63) is 109 Å². The van der Waals surface area contributed by atoms with Gasteiger partial charge in [-0.3, -0.25) is 9.59 Å². The molecule has 1 aliphatic rings. The fraction of sp³-hybridized carbons (Fsp3) is 0.154. The van der Waals surface area contributed by atoms with Gasteiger partial charge in [0.2, 0.25) is 15.9 Å². The van der Waals surface area contributed by atoms with Crippen molar-refractivity contribution in [2.45, 2.75) is 17.4 Å². The fourth-order valence-electron chi connectivity index (χ4n) is 4.03. The van der Waals surface area contributed by atoms with Crippen molar-refractivity contribution in [2.24, 2.45) is 11.1 Å². The smallest absolute Gasteiger partial charge is 0.319 e. The second kappa shape index (κ2) is 10.1. The maximum Gasteiger partial charge on any atom is 0.319 e. The van der Waals surface area contributed by atoms with Crippen LogP contribution in [0.3, 0.4) is 0 Å². The van der Waals surface area contributed by atoms with Crippen molar-refractivity contribution < 1.29 is 27.2 Å². The average Bonchev–Trinajstić information content (AvgIpc) is 3.37. The minimum Gasteiger partial charge on any atom is -0.467 e. The van der Waals surface area contributed by atoms with Crippen LogP contribution in [0.2, 0.25) is 0 Å². The predicted octanol–water partition coefficient (Wildman–Crippen LogP) is 3.44. The van der Waals surface area contributed by atoms with Crippen molar-refractivity contribution in [2.75, 3.05) is 6.61 Å². The summed E-state index contributed by atoms with van der Waals surface area (Å²) in [7, 11) is -3.88. The molecule has 8 nitrogen and oxygen atoms in total. The van der Waals surface area contributed by atoms with E-state index in [1.165, 1.54) is 29.4 Å². The third-order valence-electron chi connectivity index (χ3n) is 5.67. The van der Waals surface area contributed by atoms with E-state index in [-0.39, 0.29) is 18.0 Å². The number of allylic oxidation sites excluding steroid dienone is 1. The number of nitrogens with zero attached hydrogens (tertiary/aromatic N) is 1. The lowest BCUT2D eigenvalue weighted by Gasteiger charge is -2.36. The van der Waals surface area contributed by atoms with Crippen LogP contribution in [0.4, 0.5) is 0 Å². The first-order valence-electron chi connectivity index (χ1n) is 10.8. The number of ether oxygens (including phenoxy) is 1. The van der Waals surface area contributed by atoms with Crippen LogP contribution in [-0.2, 0) is 30.9 Å². The molecule has 0 fully saturated rings. The molecular formula is C26H24N2O6S. The molecule has 1 amide bonds. The zero-order valence-electron chi connectivity index (χ0n) is 18.7. The third-order valence-corrected chi connectivity index (χ3v) is 6.60. The Morgan fingerprint density at radius 1 is 1.09 bits per heavy atom. The molecule has 4 rings (SSSR count). The predicted molar refractivity (Wildman–Crippen MR) is 129 cm³/mol. The van der Waals surface area contributed by atoms with Crippen LogP contribution in [0.25, 0.3) is 5.70 Å². The van der Waals surface area contributed by atoms with Crippen molar-refractivity contribution in [1.82, 2.24) is 4.90 Å². The highest BCUT2D eigenvalue weighted by Crippen LogP contribution is 2.39. The van der Waals surface area contributed by atoms with Crippen LogP contribution in [0.15, 0.2) is 101 Å². The van der Waals surface area contributed by atoms with E-state index in [0.717, 1.165) is 5.56 Å². The summed E-state index contributed by atoms with van der Waals surface area (Å²) in [6.45, 7) is 3.62. The number of primary sulfonamides is 1. The van der Waals surface area contributed by atoms with Gasteiger partial charge in [-0.25, -0.2) is 13.6 Å². The summed E-state index contributed by atoms with van der Waals surface area (Å²) in [5, 5.41) is 5.24. The first-order valence-corrected chi connectivity index (χ1v) is 12.4. The Kier molecular flexibility index (Phi) is 6.99. The van der Waals surface area contributed by atoms with Crippen LogP contribution in [0.5, 0.6) is 0 Å². The van der Waals surface area contributed by atoms with E-state index in [4.69, 9.17) is 14.3 Å². The number of nitrogens with two attached hydrogens (primary N) is 1. The Morgan fingerprint density at radius 2 is 1.80 bits per heavy atom. The molecule has 0 aliphatic carbocycles. The van der Waals surface area contributed by atoms with Gasteiger partial charge in [0.15, 0.2) is 0 Å². The van der Waals surface area contributed by atoms with Crippen molar-refractivity contribution in [1.29, 1.82) is 0 Å². The van der Waals surface area contributed by atoms with Crippen molar-refractivity contribution >= 4 is 27.6 Å². The second-order valence-electron chi connectivity index (χ2n) is 7.96. The molecule has 2 heterocycles. The largest absolute Gasteiger partial charge is 0.467 e. The molecule has 1 aromatic heterocycles. The molecular weight excluding hydrogens is 468 g/mol.